The van der Waals surface area contributed by atoms with Gasteiger partial charge in [0.15, 0.2) is 11.2 Å². The number of carboxylic acid groups (broad SMARTS) is 4. The number of nitrogens with one attached hydrogen (secondary N) is 3. The van der Waals surface area contributed by atoms with E-state index in [1.807, 2.05) is 0 Å². The predicted molar refractivity (Wildman–Crippen MR) is 123 cm³/mol. The maximum Gasteiger partial charge on any atom is 0.503 e. The van der Waals surface area contributed by atoms with Crippen LogP contribution < -0.4 is 21.9 Å². The second kappa shape index (κ2) is 12.3. The van der Waals surface area contributed by atoms with Crippen LogP contribution in [0.3, 0.4) is 0 Å². The Kier molecular flexibility index (Phi) is 9.18. The van der Waals surface area contributed by atoms with Crippen molar-refractivity contribution in [1.82, 2.24) is 25.3 Å². The molecule has 0 spiro atoms. The Morgan fingerprint density at radius 2 is 1.67 bits per heavy atom. The standard InChI is InChI=1S/C19H19N7O6.CH2O3/c20-19-25-15-14(17(30)26-19)23-11(8-22-15)7-21-10-3-1-9(2-4-10)16(29)24-12(18(31)32)5-6-13(27)28;2-1(3)4/h1-4,8,12,21H,5-7H2,(H,24,29)(H,27,28)(H,31,32)(H3,20,22,25,26,30);(H2,2,3,4). The van der Waals surface area contributed by atoms with Crippen LogP contribution in [0.15, 0.2) is 35.3 Å². The number of carboxylic acids is 2. The quantitative estimate of drug-likeness (QED) is 0.193. The first-order chi connectivity index (χ1) is 17.0. The summed E-state index contributed by atoms with van der Waals surface area (Å²) in [5.74, 6) is -3.16. The van der Waals surface area contributed by atoms with Crippen LogP contribution in [0.2, 0.25) is 0 Å². The minimum atomic E-state index is -1.83. The summed E-state index contributed by atoms with van der Waals surface area (Å²) in [5, 5.41) is 37.1. The van der Waals surface area contributed by atoms with Gasteiger partial charge in [-0.2, -0.15) is 4.98 Å². The van der Waals surface area contributed by atoms with Crippen molar-refractivity contribution in [2.45, 2.75) is 25.4 Å². The van der Waals surface area contributed by atoms with Crippen molar-refractivity contribution in [2.75, 3.05) is 11.1 Å². The Hall–Kier alpha value is -5.28. The lowest BCUT2D eigenvalue weighted by atomic mass is 10.1. The molecule has 0 bridgehead atoms. The molecule has 190 valence electrons. The second-order valence-corrected chi connectivity index (χ2v) is 6.99. The summed E-state index contributed by atoms with van der Waals surface area (Å²) in [5.41, 5.74) is 6.47. The van der Waals surface area contributed by atoms with Crippen molar-refractivity contribution in [3.8, 4) is 0 Å². The largest absolute Gasteiger partial charge is 0.503 e. The number of fused-ring (bicyclic) bond motifs is 1. The number of H-pyrrole nitrogens is 1. The van der Waals surface area contributed by atoms with Crippen molar-refractivity contribution in [3.05, 3.63) is 52.1 Å². The third kappa shape index (κ3) is 8.25. The number of nitrogen functional groups attached to an aromatic ring is 1. The number of carbonyl (C=O) groups excluding carboxylic acids is 1. The lowest BCUT2D eigenvalue weighted by Gasteiger charge is -2.14. The first-order valence-corrected chi connectivity index (χ1v) is 9.99. The van der Waals surface area contributed by atoms with Crippen LogP contribution in [-0.2, 0) is 16.1 Å². The third-order valence-electron chi connectivity index (χ3n) is 4.36. The van der Waals surface area contributed by atoms with Gasteiger partial charge in [-0.05, 0) is 30.7 Å². The third-order valence-corrected chi connectivity index (χ3v) is 4.36. The van der Waals surface area contributed by atoms with Crippen molar-refractivity contribution in [3.63, 3.8) is 0 Å². The SMILES string of the molecule is Nc1nc2ncc(CNc3ccc(C(=O)NC(CCC(=O)O)C(=O)O)cc3)nc2c(=O)[nH]1.O=C(O)O. The number of rotatable bonds is 9. The summed E-state index contributed by atoms with van der Waals surface area (Å²) in [7, 11) is 0. The van der Waals surface area contributed by atoms with E-state index in [9.17, 15) is 19.2 Å². The first kappa shape index (κ1) is 27.0. The van der Waals surface area contributed by atoms with Crippen LogP contribution in [0.4, 0.5) is 16.4 Å². The monoisotopic (exact) mass is 503 g/mol. The van der Waals surface area contributed by atoms with E-state index in [0.29, 0.717) is 11.4 Å². The molecule has 1 atom stereocenters. The Labute approximate surface area is 200 Å². The molecule has 36 heavy (non-hydrogen) atoms. The number of aromatic amines is 1. The number of anilines is 2. The van der Waals surface area contributed by atoms with Gasteiger partial charge in [-0.15, -0.1) is 0 Å². The maximum absolute atomic E-state index is 12.3. The lowest BCUT2D eigenvalue weighted by molar-refractivity contribution is -0.140. The van der Waals surface area contributed by atoms with Crippen molar-refractivity contribution in [2.24, 2.45) is 0 Å². The fourth-order valence-electron chi connectivity index (χ4n) is 2.75. The van der Waals surface area contributed by atoms with Crippen LogP contribution in [0.1, 0.15) is 28.9 Å². The number of nitrogens with two attached hydrogens (primary N) is 1. The summed E-state index contributed by atoms with van der Waals surface area (Å²) in [6.45, 7) is 0.231. The number of benzene rings is 1. The molecule has 3 rings (SSSR count). The molecule has 0 saturated carbocycles. The molecule has 0 aliphatic heterocycles. The molecule has 2 heterocycles. The molecule has 0 aliphatic rings. The second-order valence-electron chi connectivity index (χ2n) is 6.99. The van der Waals surface area contributed by atoms with E-state index < -0.39 is 35.6 Å². The molecular formula is C20H21N7O9. The molecule has 1 aromatic carbocycles. The molecule has 16 nitrogen and oxygen atoms in total. The molecule has 3 aromatic rings. The minimum absolute atomic E-state index is 0.0524. The number of nitrogens with zero attached hydrogens (tertiary/aromatic N) is 3. The summed E-state index contributed by atoms with van der Waals surface area (Å²) in [6.07, 6.45) is -0.993. The zero-order valence-electron chi connectivity index (χ0n) is 18.3. The van der Waals surface area contributed by atoms with Crippen LogP contribution in [0.25, 0.3) is 11.2 Å². The highest BCUT2D eigenvalue weighted by Crippen LogP contribution is 2.12. The molecule has 0 radical (unpaired) electrons. The number of carbonyl (C=O) groups is 4. The van der Waals surface area contributed by atoms with Crippen molar-refractivity contribution >= 4 is 46.8 Å². The van der Waals surface area contributed by atoms with E-state index in [0.717, 1.165) is 0 Å². The summed E-state index contributed by atoms with van der Waals surface area (Å²) in [4.78, 5) is 69.1. The molecule has 0 aliphatic carbocycles. The Morgan fingerprint density at radius 1 is 1.03 bits per heavy atom. The number of hydrogen-bond acceptors (Lipinski definition) is 10. The summed E-state index contributed by atoms with van der Waals surface area (Å²) in [6, 6.07) is 4.86. The van der Waals surface area contributed by atoms with Gasteiger partial charge in [-0.3, -0.25) is 19.4 Å². The molecule has 0 fully saturated rings. The zero-order chi connectivity index (χ0) is 26.8. The van der Waals surface area contributed by atoms with Gasteiger partial charge in [-0.1, -0.05) is 0 Å². The Bertz CT molecular complexity index is 1320. The van der Waals surface area contributed by atoms with Gasteiger partial charge in [0.1, 0.15) is 6.04 Å². The van der Waals surface area contributed by atoms with Crippen molar-refractivity contribution in [1.29, 1.82) is 0 Å². The van der Waals surface area contributed by atoms with E-state index in [1.54, 1.807) is 12.1 Å². The van der Waals surface area contributed by atoms with E-state index in [-0.39, 0.29) is 42.1 Å². The summed E-state index contributed by atoms with van der Waals surface area (Å²) < 4.78 is 0. The van der Waals surface area contributed by atoms with Crippen LogP contribution in [0, 0.1) is 0 Å². The molecule has 0 saturated heterocycles. The Morgan fingerprint density at radius 3 is 2.25 bits per heavy atom. The normalized spacial score (nSPS) is 11.0. The average Bonchev–Trinajstić information content (AvgIpc) is 2.80. The van der Waals surface area contributed by atoms with Gasteiger partial charge in [-0.25, -0.2) is 19.6 Å². The molecule has 16 heteroatoms. The van der Waals surface area contributed by atoms with E-state index >= 15 is 0 Å². The summed E-state index contributed by atoms with van der Waals surface area (Å²) >= 11 is 0. The molecule has 2 aromatic heterocycles. The fraction of sp³-hybridized carbons (Fsp3) is 0.200. The number of aromatic nitrogens is 4. The van der Waals surface area contributed by atoms with Crippen LogP contribution in [0.5, 0.6) is 0 Å². The highest BCUT2D eigenvalue weighted by Gasteiger charge is 2.21. The highest BCUT2D eigenvalue weighted by atomic mass is 16.6. The molecule has 1 amide bonds. The van der Waals surface area contributed by atoms with E-state index in [4.69, 9.17) is 31.0 Å². The molecular weight excluding hydrogens is 482 g/mol. The van der Waals surface area contributed by atoms with Gasteiger partial charge in [0.2, 0.25) is 5.95 Å². The number of aliphatic carboxylic acids is 2. The fourth-order valence-corrected chi connectivity index (χ4v) is 2.75. The Balaban J connectivity index is 0.00000106. The molecule has 9 N–H and O–H groups in total. The van der Waals surface area contributed by atoms with Gasteiger partial charge in [0.05, 0.1) is 18.4 Å². The van der Waals surface area contributed by atoms with Gasteiger partial charge >= 0.3 is 18.1 Å². The van der Waals surface area contributed by atoms with Gasteiger partial charge < -0.3 is 36.8 Å². The van der Waals surface area contributed by atoms with Gasteiger partial charge in [0.25, 0.3) is 11.5 Å². The van der Waals surface area contributed by atoms with Crippen LogP contribution >= 0.6 is 0 Å². The number of hydrogen-bond donors (Lipinski definition) is 8. The van der Waals surface area contributed by atoms with E-state index in [2.05, 4.69) is 30.6 Å². The van der Waals surface area contributed by atoms with Gasteiger partial charge in [0, 0.05) is 17.7 Å². The maximum atomic E-state index is 12.3. The predicted octanol–water partition coefficient (Wildman–Crippen LogP) is 0.178. The average molecular weight is 503 g/mol. The van der Waals surface area contributed by atoms with Crippen LogP contribution in [-0.4, -0.2) is 70.4 Å². The smallest absolute Gasteiger partial charge is 0.481 e. The lowest BCUT2D eigenvalue weighted by Crippen LogP contribution is -2.41. The highest BCUT2D eigenvalue weighted by molar-refractivity contribution is 5.96. The number of amides is 1. The van der Waals surface area contributed by atoms with E-state index in [1.165, 1.54) is 18.3 Å². The topological polar surface area (TPSA) is 271 Å². The zero-order valence-corrected chi connectivity index (χ0v) is 18.3. The first-order valence-electron chi connectivity index (χ1n) is 9.99. The minimum Gasteiger partial charge on any atom is -0.481 e. The molecule has 1 unspecified atom stereocenters. The van der Waals surface area contributed by atoms with Crippen molar-refractivity contribution < 1.29 is 39.6 Å².